The summed E-state index contributed by atoms with van der Waals surface area (Å²) in [6.45, 7) is 0.511. The largest absolute Gasteiger partial charge is 0.384 e. The zero-order valence-corrected chi connectivity index (χ0v) is 9.87. The lowest BCUT2D eigenvalue weighted by Gasteiger charge is -2.08. The molecule has 0 unspecified atom stereocenters. The Hall–Kier alpha value is -1.81. The fraction of sp³-hybridized carbons (Fsp3) is 0.167. The number of benzene rings is 1. The number of rotatable bonds is 4. The van der Waals surface area contributed by atoms with Gasteiger partial charge in [0.05, 0.1) is 5.52 Å². The van der Waals surface area contributed by atoms with Gasteiger partial charge in [-0.1, -0.05) is 11.6 Å². The number of nitrogens with two attached hydrogens (primary N) is 1. The summed E-state index contributed by atoms with van der Waals surface area (Å²) in [5, 5.41) is 4.78. The molecule has 0 saturated heterocycles. The molecule has 0 fully saturated rings. The number of hydrogen-bond acceptors (Lipinski definition) is 3. The van der Waals surface area contributed by atoms with Crippen molar-refractivity contribution in [3.63, 3.8) is 0 Å². The van der Waals surface area contributed by atoms with Gasteiger partial charge in [-0.25, -0.2) is 0 Å². The van der Waals surface area contributed by atoms with Crippen LogP contribution in [0.1, 0.15) is 6.42 Å². The molecule has 0 aliphatic rings. The van der Waals surface area contributed by atoms with Gasteiger partial charge in [-0.3, -0.25) is 9.78 Å². The maximum atomic E-state index is 10.7. The van der Waals surface area contributed by atoms with E-state index in [4.69, 9.17) is 17.3 Å². The summed E-state index contributed by atoms with van der Waals surface area (Å²) < 4.78 is 0. The topological polar surface area (TPSA) is 68.0 Å². The Morgan fingerprint density at radius 1 is 1.41 bits per heavy atom. The minimum absolute atomic E-state index is 0.303. The first kappa shape index (κ1) is 11.7. The number of primary amides is 1. The molecular weight excluding hydrogens is 238 g/mol. The van der Waals surface area contributed by atoms with E-state index in [9.17, 15) is 4.79 Å². The molecule has 0 saturated carbocycles. The summed E-state index contributed by atoms with van der Waals surface area (Å²) in [4.78, 5) is 14.9. The van der Waals surface area contributed by atoms with Crippen molar-refractivity contribution < 1.29 is 4.79 Å². The SMILES string of the molecule is NC(=O)CCNc1ccnc2cc(Cl)ccc12. The number of pyridine rings is 1. The van der Waals surface area contributed by atoms with Crippen molar-refractivity contribution in [2.45, 2.75) is 6.42 Å². The molecule has 0 aliphatic heterocycles. The standard InChI is InChI=1S/C12H12ClN3O/c13-8-1-2-9-10(15-6-4-12(14)17)3-5-16-11(9)7-8/h1-3,5,7H,4,6H2,(H2,14,17)(H,15,16). The molecule has 1 aromatic heterocycles. The number of amides is 1. The lowest BCUT2D eigenvalue weighted by Crippen LogP contribution is -2.15. The Morgan fingerprint density at radius 2 is 2.24 bits per heavy atom. The summed E-state index contributed by atoms with van der Waals surface area (Å²) in [6.07, 6.45) is 2.00. The third kappa shape index (κ3) is 2.85. The minimum Gasteiger partial charge on any atom is -0.384 e. The van der Waals surface area contributed by atoms with Crippen molar-refractivity contribution in [2.24, 2.45) is 5.73 Å². The van der Waals surface area contributed by atoms with Crippen LogP contribution < -0.4 is 11.1 Å². The van der Waals surface area contributed by atoms with Gasteiger partial charge in [0.15, 0.2) is 0 Å². The molecule has 0 atom stereocenters. The lowest BCUT2D eigenvalue weighted by molar-refractivity contribution is -0.117. The van der Waals surface area contributed by atoms with Crippen LogP contribution >= 0.6 is 11.6 Å². The summed E-state index contributed by atoms with van der Waals surface area (Å²) in [6, 6.07) is 7.37. The zero-order valence-electron chi connectivity index (χ0n) is 9.11. The Bertz CT molecular complexity index is 556. The minimum atomic E-state index is -0.320. The number of halogens is 1. The van der Waals surface area contributed by atoms with Gasteiger partial charge in [-0.2, -0.15) is 0 Å². The highest BCUT2D eigenvalue weighted by Gasteiger charge is 2.02. The van der Waals surface area contributed by atoms with Gasteiger partial charge in [0.2, 0.25) is 5.91 Å². The Kier molecular flexibility index (Phi) is 3.44. The highest BCUT2D eigenvalue weighted by atomic mass is 35.5. The summed E-state index contributed by atoms with van der Waals surface area (Å²) in [5.74, 6) is -0.320. The van der Waals surface area contributed by atoms with Gasteiger partial charge < -0.3 is 11.1 Å². The van der Waals surface area contributed by atoms with Crippen LogP contribution in [-0.4, -0.2) is 17.4 Å². The van der Waals surface area contributed by atoms with Crippen molar-refractivity contribution in [1.29, 1.82) is 0 Å². The van der Waals surface area contributed by atoms with E-state index in [2.05, 4.69) is 10.3 Å². The molecule has 17 heavy (non-hydrogen) atoms. The second-order valence-electron chi connectivity index (χ2n) is 3.66. The number of carbonyl (C=O) groups excluding carboxylic acids is 1. The van der Waals surface area contributed by atoms with Gasteiger partial charge in [0, 0.05) is 35.3 Å². The summed E-state index contributed by atoms with van der Waals surface area (Å²) in [5.41, 5.74) is 6.83. The van der Waals surface area contributed by atoms with E-state index in [1.54, 1.807) is 12.3 Å². The number of fused-ring (bicyclic) bond motifs is 1. The van der Waals surface area contributed by atoms with Gasteiger partial charge >= 0.3 is 0 Å². The molecule has 0 bridgehead atoms. The van der Waals surface area contributed by atoms with E-state index in [0.29, 0.717) is 18.0 Å². The van der Waals surface area contributed by atoms with Gasteiger partial charge in [-0.15, -0.1) is 0 Å². The molecule has 0 radical (unpaired) electrons. The highest BCUT2D eigenvalue weighted by Crippen LogP contribution is 2.24. The molecule has 2 rings (SSSR count). The van der Waals surface area contributed by atoms with Crippen LogP contribution in [0.3, 0.4) is 0 Å². The second kappa shape index (κ2) is 5.01. The van der Waals surface area contributed by atoms with Crippen molar-refractivity contribution in [1.82, 2.24) is 4.98 Å². The average Bonchev–Trinajstić information content (AvgIpc) is 2.28. The number of carbonyl (C=O) groups is 1. The molecule has 5 heteroatoms. The third-order valence-electron chi connectivity index (χ3n) is 2.39. The molecular formula is C12H12ClN3O. The van der Waals surface area contributed by atoms with Crippen LogP contribution in [0.2, 0.25) is 5.02 Å². The fourth-order valence-corrected chi connectivity index (χ4v) is 1.76. The monoisotopic (exact) mass is 249 g/mol. The molecule has 1 aromatic carbocycles. The molecule has 1 amide bonds. The van der Waals surface area contributed by atoms with Crippen LogP contribution in [0.4, 0.5) is 5.69 Å². The maximum Gasteiger partial charge on any atom is 0.219 e. The average molecular weight is 250 g/mol. The van der Waals surface area contributed by atoms with Crippen LogP contribution in [0, 0.1) is 0 Å². The number of anilines is 1. The Labute approximate surface area is 104 Å². The smallest absolute Gasteiger partial charge is 0.219 e. The molecule has 1 heterocycles. The third-order valence-corrected chi connectivity index (χ3v) is 2.63. The molecule has 0 spiro atoms. The molecule has 3 N–H and O–H groups in total. The first-order valence-electron chi connectivity index (χ1n) is 5.23. The van der Waals surface area contributed by atoms with Crippen molar-refractivity contribution in [3.8, 4) is 0 Å². The Balaban J connectivity index is 2.25. The quantitative estimate of drug-likeness (QED) is 0.873. The van der Waals surface area contributed by atoms with Crippen molar-refractivity contribution in [3.05, 3.63) is 35.5 Å². The first-order chi connectivity index (χ1) is 8.16. The predicted octanol–water partition coefficient (Wildman–Crippen LogP) is 2.18. The molecule has 2 aromatic rings. The fourth-order valence-electron chi connectivity index (χ4n) is 1.60. The lowest BCUT2D eigenvalue weighted by atomic mass is 10.2. The van der Waals surface area contributed by atoms with Crippen molar-refractivity contribution in [2.75, 3.05) is 11.9 Å². The van der Waals surface area contributed by atoms with E-state index in [1.807, 2.05) is 18.2 Å². The molecule has 4 nitrogen and oxygen atoms in total. The number of nitrogens with zero attached hydrogens (tertiary/aromatic N) is 1. The van der Waals surface area contributed by atoms with E-state index in [1.165, 1.54) is 0 Å². The Morgan fingerprint density at radius 3 is 3.00 bits per heavy atom. The zero-order chi connectivity index (χ0) is 12.3. The van der Waals surface area contributed by atoms with E-state index in [0.717, 1.165) is 16.6 Å². The first-order valence-corrected chi connectivity index (χ1v) is 5.61. The summed E-state index contributed by atoms with van der Waals surface area (Å²) >= 11 is 5.90. The maximum absolute atomic E-state index is 10.7. The van der Waals surface area contributed by atoms with Crippen LogP contribution in [0.5, 0.6) is 0 Å². The summed E-state index contributed by atoms with van der Waals surface area (Å²) in [7, 11) is 0. The normalized spacial score (nSPS) is 10.4. The molecule has 0 aliphatic carbocycles. The molecule has 88 valence electrons. The second-order valence-corrected chi connectivity index (χ2v) is 4.10. The van der Waals surface area contributed by atoms with Gasteiger partial charge in [-0.05, 0) is 24.3 Å². The van der Waals surface area contributed by atoms with E-state index in [-0.39, 0.29) is 5.91 Å². The van der Waals surface area contributed by atoms with Gasteiger partial charge in [0.1, 0.15) is 0 Å². The predicted molar refractivity (Wildman–Crippen MR) is 69.1 cm³/mol. The number of nitrogens with one attached hydrogen (secondary N) is 1. The van der Waals surface area contributed by atoms with Crippen LogP contribution in [-0.2, 0) is 4.79 Å². The van der Waals surface area contributed by atoms with E-state index < -0.39 is 0 Å². The van der Waals surface area contributed by atoms with Crippen molar-refractivity contribution >= 4 is 34.1 Å². The van der Waals surface area contributed by atoms with Gasteiger partial charge in [0.25, 0.3) is 0 Å². The number of aromatic nitrogens is 1. The van der Waals surface area contributed by atoms with E-state index >= 15 is 0 Å². The van der Waals surface area contributed by atoms with Crippen LogP contribution in [0.25, 0.3) is 10.9 Å². The van der Waals surface area contributed by atoms with Crippen LogP contribution in [0.15, 0.2) is 30.5 Å². The number of hydrogen-bond donors (Lipinski definition) is 2. The highest BCUT2D eigenvalue weighted by molar-refractivity contribution is 6.31.